The number of carbonyl (C=O) groups excluding carboxylic acids is 1. The zero-order valence-electron chi connectivity index (χ0n) is 13.1. The summed E-state index contributed by atoms with van der Waals surface area (Å²) >= 11 is 11.6. The summed E-state index contributed by atoms with van der Waals surface area (Å²) < 4.78 is 50.8. The first kappa shape index (κ1) is 18.2. The molecule has 138 valence electrons. The molecule has 2 heterocycles. The number of ketones is 1. The molecule has 0 saturated carbocycles. The van der Waals surface area contributed by atoms with E-state index in [0.29, 0.717) is 6.08 Å². The molecule has 0 radical (unpaired) electrons. The van der Waals surface area contributed by atoms with Crippen molar-refractivity contribution in [3.8, 4) is 0 Å². The summed E-state index contributed by atoms with van der Waals surface area (Å²) in [6, 6.07) is 7.38. The number of Topliss-reactive ketones (excluding diaryl/α,β-unsaturated/α-hetero) is 1. The molecule has 0 unspecified atom stereocenters. The molecular formula is C17H7Cl2O6S2-. The maximum Gasteiger partial charge on any atom is 0.211 e. The van der Waals surface area contributed by atoms with E-state index in [0.717, 1.165) is 12.1 Å². The number of rotatable bonds is 1. The van der Waals surface area contributed by atoms with Crippen LogP contribution in [0.15, 0.2) is 62.1 Å². The Morgan fingerprint density at radius 1 is 0.815 bits per heavy atom. The van der Waals surface area contributed by atoms with E-state index in [1.165, 1.54) is 24.3 Å². The molecule has 0 atom stereocenters. The largest absolute Gasteiger partial charge is 0.871 e. The van der Waals surface area contributed by atoms with E-state index < -0.39 is 41.0 Å². The first-order chi connectivity index (χ1) is 12.5. The quantitative estimate of drug-likeness (QED) is 0.628. The van der Waals surface area contributed by atoms with Crippen LogP contribution in [0, 0.1) is 0 Å². The SMILES string of the molecule is O=C1/C(=C\C2=C([O-])c3ccc(Cl)cc3S2(=O)=O)S(=O)(=O)c2cc(Cl)ccc21. The molecule has 27 heavy (non-hydrogen) atoms. The first-order valence-electron chi connectivity index (χ1n) is 7.32. The van der Waals surface area contributed by atoms with Gasteiger partial charge in [0.05, 0.1) is 14.7 Å². The van der Waals surface area contributed by atoms with Crippen LogP contribution in [0.3, 0.4) is 0 Å². The summed E-state index contributed by atoms with van der Waals surface area (Å²) in [5, 5.41) is 12.7. The van der Waals surface area contributed by atoms with E-state index in [4.69, 9.17) is 23.2 Å². The van der Waals surface area contributed by atoms with Crippen LogP contribution in [0.5, 0.6) is 0 Å². The molecule has 0 amide bonds. The highest BCUT2D eigenvalue weighted by Crippen LogP contribution is 2.42. The van der Waals surface area contributed by atoms with Crippen molar-refractivity contribution in [2.75, 3.05) is 0 Å². The highest BCUT2D eigenvalue weighted by molar-refractivity contribution is 7.97. The van der Waals surface area contributed by atoms with Gasteiger partial charge in [-0.05, 0) is 42.0 Å². The fourth-order valence-corrected chi connectivity index (χ4v) is 6.70. The van der Waals surface area contributed by atoms with Gasteiger partial charge in [0.2, 0.25) is 25.5 Å². The van der Waals surface area contributed by atoms with Crippen LogP contribution >= 0.6 is 23.2 Å². The molecule has 0 bridgehead atoms. The third-order valence-corrected chi connectivity index (χ3v) is 8.31. The van der Waals surface area contributed by atoms with Crippen LogP contribution in [-0.4, -0.2) is 22.6 Å². The smallest absolute Gasteiger partial charge is 0.211 e. The van der Waals surface area contributed by atoms with Crippen LogP contribution in [0.4, 0.5) is 0 Å². The van der Waals surface area contributed by atoms with Crippen molar-refractivity contribution in [2.24, 2.45) is 0 Å². The molecule has 10 heteroatoms. The standard InChI is InChI=1S/C17H8Cl2O6S2/c18-8-1-3-10-12(5-8)26(22,23)14(16(10)20)7-15-17(21)11-4-2-9(19)6-13(11)27(15,24)25/h1-7,20H/p-1/b15-7+. The molecule has 0 aliphatic carbocycles. The topological polar surface area (TPSA) is 108 Å². The predicted molar refractivity (Wildman–Crippen MR) is 96.6 cm³/mol. The van der Waals surface area contributed by atoms with Gasteiger partial charge in [-0.25, -0.2) is 16.8 Å². The Kier molecular flexibility index (Phi) is 3.84. The van der Waals surface area contributed by atoms with E-state index >= 15 is 0 Å². The van der Waals surface area contributed by atoms with Gasteiger partial charge in [-0.1, -0.05) is 35.0 Å². The zero-order chi connectivity index (χ0) is 19.7. The lowest BCUT2D eigenvalue weighted by Crippen LogP contribution is -2.08. The molecule has 0 saturated heterocycles. The Morgan fingerprint density at radius 3 is 1.93 bits per heavy atom. The normalized spacial score (nSPS) is 20.8. The molecule has 6 nitrogen and oxygen atoms in total. The average Bonchev–Trinajstić information content (AvgIpc) is 2.89. The van der Waals surface area contributed by atoms with Crippen molar-refractivity contribution in [3.05, 3.63) is 73.5 Å². The van der Waals surface area contributed by atoms with Crippen LogP contribution in [0.2, 0.25) is 10.0 Å². The fraction of sp³-hybridized carbons (Fsp3) is 0. The fourth-order valence-electron chi connectivity index (χ4n) is 2.96. The van der Waals surface area contributed by atoms with E-state index in [-0.39, 0.29) is 31.0 Å². The lowest BCUT2D eigenvalue weighted by Gasteiger charge is -2.08. The van der Waals surface area contributed by atoms with Gasteiger partial charge < -0.3 is 5.11 Å². The second kappa shape index (κ2) is 5.68. The minimum atomic E-state index is -4.31. The third kappa shape index (κ3) is 2.48. The van der Waals surface area contributed by atoms with Crippen molar-refractivity contribution in [1.29, 1.82) is 0 Å². The minimum absolute atomic E-state index is 0.102. The Balaban J connectivity index is 1.96. The average molecular weight is 442 g/mol. The van der Waals surface area contributed by atoms with Crippen molar-refractivity contribution in [2.45, 2.75) is 9.79 Å². The number of carbonyl (C=O) groups is 1. The Morgan fingerprint density at radius 2 is 1.33 bits per heavy atom. The maximum atomic E-state index is 12.7. The van der Waals surface area contributed by atoms with E-state index in [2.05, 4.69) is 0 Å². The molecule has 2 aliphatic heterocycles. The van der Waals surface area contributed by atoms with E-state index in [1.54, 1.807) is 0 Å². The lowest BCUT2D eigenvalue weighted by molar-refractivity contribution is -0.244. The Hall–Kier alpha value is -2.13. The molecule has 4 rings (SSSR count). The maximum absolute atomic E-state index is 12.7. The highest BCUT2D eigenvalue weighted by Gasteiger charge is 2.41. The minimum Gasteiger partial charge on any atom is -0.871 e. The van der Waals surface area contributed by atoms with Crippen LogP contribution in [0.1, 0.15) is 15.9 Å². The molecule has 0 fully saturated rings. The number of fused-ring (bicyclic) bond motifs is 2. The first-order valence-corrected chi connectivity index (χ1v) is 11.0. The molecule has 2 aliphatic rings. The van der Waals surface area contributed by atoms with Crippen LogP contribution in [-0.2, 0) is 19.7 Å². The number of halogens is 2. The van der Waals surface area contributed by atoms with Gasteiger partial charge in [0.1, 0.15) is 4.91 Å². The number of hydrogen-bond donors (Lipinski definition) is 0. The predicted octanol–water partition coefficient (Wildman–Crippen LogP) is 2.36. The molecule has 0 aromatic heterocycles. The second-order valence-corrected chi connectivity index (χ2v) is 10.5. The number of sulfone groups is 2. The lowest BCUT2D eigenvalue weighted by atomic mass is 10.1. The second-order valence-electron chi connectivity index (χ2n) is 5.82. The van der Waals surface area contributed by atoms with Crippen molar-refractivity contribution >= 4 is 54.4 Å². The highest BCUT2D eigenvalue weighted by atomic mass is 35.5. The van der Waals surface area contributed by atoms with Gasteiger partial charge in [0, 0.05) is 15.6 Å². The number of hydrogen-bond acceptors (Lipinski definition) is 6. The van der Waals surface area contributed by atoms with E-state index in [9.17, 15) is 26.7 Å². The van der Waals surface area contributed by atoms with Crippen LogP contribution < -0.4 is 5.11 Å². The summed E-state index contributed by atoms with van der Waals surface area (Å²) in [6.45, 7) is 0. The Bertz CT molecular complexity index is 1340. The van der Waals surface area contributed by atoms with Crippen molar-refractivity contribution in [3.63, 3.8) is 0 Å². The molecule has 2 aromatic carbocycles. The van der Waals surface area contributed by atoms with Crippen LogP contribution in [0.25, 0.3) is 5.76 Å². The monoisotopic (exact) mass is 441 g/mol. The molecule has 0 N–H and O–H groups in total. The van der Waals surface area contributed by atoms with Gasteiger partial charge >= 0.3 is 0 Å². The summed E-state index contributed by atoms with van der Waals surface area (Å²) in [5.41, 5.74) is -0.260. The molecule has 0 spiro atoms. The van der Waals surface area contributed by atoms with Gasteiger partial charge in [-0.15, -0.1) is 0 Å². The van der Waals surface area contributed by atoms with Crippen molar-refractivity contribution < 1.29 is 26.7 Å². The van der Waals surface area contributed by atoms with Crippen molar-refractivity contribution in [1.82, 2.24) is 0 Å². The van der Waals surface area contributed by atoms with Gasteiger partial charge in [0.25, 0.3) is 0 Å². The molecular weight excluding hydrogens is 435 g/mol. The van der Waals surface area contributed by atoms with Gasteiger partial charge in [-0.2, -0.15) is 0 Å². The summed E-state index contributed by atoms with van der Waals surface area (Å²) in [4.78, 5) is 10.3. The summed E-state index contributed by atoms with van der Waals surface area (Å²) in [6.07, 6.45) is 0.622. The van der Waals surface area contributed by atoms with Gasteiger partial charge in [0.15, 0.2) is 0 Å². The Labute approximate surface area is 164 Å². The van der Waals surface area contributed by atoms with Gasteiger partial charge in [-0.3, -0.25) is 4.79 Å². The molecule has 2 aromatic rings. The summed E-state index contributed by atoms with van der Waals surface area (Å²) in [5.74, 6) is -1.79. The number of allylic oxidation sites excluding steroid dienone is 2. The number of benzene rings is 2. The van der Waals surface area contributed by atoms with E-state index in [1.807, 2.05) is 0 Å². The summed E-state index contributed by atoms with van der Waals surface area (Å²) in [7, 11) is -8.62. The third-order valence-electron chi connectivity index (χ3n) is 4.24. The zero-order valence-corrected chi connectivity index (χ0v) is 16.2.